The molecule has 2 N–H and O–H groups in total. The fourth-order valence-corrected chi connectivity index (χ4v) is 4.25. The van der Waals surface area contributed by atoms with Gasteiger partial charge >= 0.3 is 6.03 Å². The summed E-state index contributed by atoms with van der Waals surface area (Å²) in [6.45, 7) is 0. The number of benzene rings is 1. The quantitative estimate of drug-likeness (QED) is 0.583. The van der Waals surface area contributed by atoms with E-state index in [9.17, 15) is 9.59 Å². The van der Waals surface area contributed by atoms with Gasteiger partial charge in [0.15, 0.2) is 10.9 Å². The molecule has 4 rings (SSSR count). The molecule has 0 bridgehead atoms. The lowest BCUT2D eigenvalue weighted by atomic mass is 9.96. The summed E-state index contributed by atoms with van der Waals surface area (Å²) in [5, 5.41) is 14.3. The van der Waals surface area contributed by atoms with Gasteiger partial charge in [0.1, 0.15) is 0 Å². The Hall–Kier alpha value is -3.07. The maximum atomic E-state index is 12.3. The number of aromatic nitrogens is 3. The molecule has 9 heteroatoms. The van der Waals surface area contributed by atoms with Gasteiger partial charge in [-0.2, -0.15) is 0 Å². The molecule has 3 aromatic rings. The predicted octanol–water partition coefficient (Wildman–Crippen LogP) is 3.78. The van der Waals surface area contributed by atoms with Crippen LogP contribution in [0.4, 0.5) is 4.79 Å². The smallest absolute Gasteiger partial charge is 0.321 e. The van der Waals surface area contributed by atoms with Crippen molar-refractivity contribution in [3.05, 3.63) is 48.7 Å². The first-order chi connectivity index (χ1) is 14.7. The van der Waals surface area contributed by atoms with Crippen LogP contribution < -0.4 is 10.6 Å². The van der Waals surface area contributed by atoms with Crippen LogP contribution >= 0.6 is 11.8 Å². The lowest BCUT2D eigenvalue weighted by Gasteiger charge is -2.22. The van der Waals surface area contributed by atoms with Crippen molar-refractivity contribution in [1.82, 2.24) is 25.4 Å². The number of imide groups is 1. The highest BCUT2D eigenvalue weighted by atomic mass is 32.2. The third-order valence-electron chi connectivity index (χ3n) is 4.92. The number of amides is 3. The predicted molar refractivity (Wildman–Crippen MR) is 113 cm³/mol. The first-order valence-electron chi connectivity index (χ1n) is 9.98. The van der Waals surface area contributed by atoms with Crippen LogP contribution in [0.15, 0.2) is 58.3 Å². The van der Waals surface area contributed by atoms with Crippen molar-refractivity contribution in [2.45, 2.75) is 43.3 Å². The lowest BCUT2D eigenvalue weighted by molar-refractivity contribution is -0.117. The Bertz CT molecular complexity index is 982. The third-order valence-corrected chi connectivity index (χ3v) is 5.84. The van der Waals surface area contributed by atoms with Crippen molar-refractivity contribution in [1.29, 1.82) is 0 Å². The Morgan fingerprint density at radius 3 is 2.60 bits per heavy atom. The fraction of sp³-hybridized carbons (Fsp3) is 0.333. The zero-order chi connectivity index (χ0) is 20.8. The highest BCUT2D eigenvalue weighted by Crippen LogP contribution is 2.28. The van der Waals surface area contributed by atoms with Crippen LogP contribution in [0.3, 0.4) is 0 Å². The summed E-state index contributed by atoms with van der Waals surface area (Å²) in [5.74, 6) is 0.787. The van der Waals surface area contributed by atoms with Crippen LogP contribution in [0, 0.1) is 0 Å². The van der Waals surface area contributed by atoms with Crippen molar-refractivity contribution in [3.8, 4) is 17.3 Å². The van der Waals surface area contributed by atoms with E-state index in [-0.39, 0.29) is 17.7 Å². The number of para-hydroxylation sites is 1. The highest BCUT2D eigenvalue weighted by molar-refractivity contribution is 7.99. The van der Waals surface area contributed by atoms with Crippen LogP contribution in [-0.4, -0.2) is 38.5 Å². The molecule has 0 spiro atoms. The first-order valence-corrected chi connectivity index (χ1v) is 11.0. The van der Waals surface area contributed by atoms with Gasteiger partial charge in [-0.05, 0) is 37.1 Å². The summed E-state index contributed by atoms with van der Waals surface area (Å²) in [6, 6.07) is 12.9. The van der Waals surface area contributed by atoms with Crippen molar-refractivity contribution in [2.24, 2.45) is 0 Å². The fourth-order valence-electron chi connectivity index (χ4n) is 3.50. The van der Waals surface area contributed by atoms with E-state index in [1.807, 2.05) is 34.9 Å². The molecular weight excluding hydrogens is 402 g/mol. The van der Waals surface area contributed by atoms with Crippen LogP contribution in [0.2, 0.25) is 0 Å². The molecule has 1 aliphatic rings. The number of furan rings is 1. The number of urea groups is 1. The van der Waals surface area contributed by atoms with Crippen molar-refractivity contribution in [3.63, 3.8) is 0 Å². The van der Waals surface area contributed by atoms with E-state index in [1.165, 1.54) is 18.2 Å². The van der Waals surface area contributed by atoms with Gasteiger partial charge in [0.05, 0.1) is 12.0 Å². The van der Waals surface area contributed by atoms with Gasteiger partial charge in [0.25, 0.3) is 0 Å². The van der Waals surface area contributed by atoms with Gasteiger partial charge in [0.2, 0.25) is 11.7 Å². The molecule has 30 heavy (non-hydrogen) atoms. The number of carbonyl (C=O) groups is 2. The molecule has 0 saturated heterocycles. The molecule has 8 nitrogen and oxygen atoms in total. The van der Waals surface area contributed by atoms with Gasteiger partial charge in [-0.15, -0.1) is 10.2 Å². The normalized spacial score (nSPS) is 14.4. The topological polar surface area (TPSA) is 102 Å². The van der Waals surface area contributed by atoms with E-state index >= 15 is 0 Å². The second-order valence-electron chi connectivity index (χ2n) is 7.10. The van der Waals surface area contributed by atoms with Crippen molar-refractivity contribution < 1.29 is 14.0 Å². The number of hydrogen-bond donors (Lipinski definition) is 2. The number of nitrogens with zero attached hydrogens (tertiary/aromatic N) is 3. The van der Waals surface area contributed by atoms with E-state index < -0.39 is 6.03 Å². The number of rotatable bonds is 6. The maximum absolute atomic E-state index is 12.3. The van der Waals surface area contributed by atoms with Gasteiger partial charge < -0.3 is 9.73 Å². The Morgan fingerprint density at radius 2 is 1.87 bits per heavy atom. The van der Waals surface area contributed by atoms with Gasteiger partial charge in [-0.3, -0.25) is 14.7 Å². The molecule has 0 atom stereocenters. The highest BCUT2D eigenvalue weighted by Gasteiger charge is 2.20. The SMILES string of the molecule is O=C(CSc1nnc(-c2ccco2)n1-c1ccccc1)NC(=O)NC1CCCCC1. The van der Waals surface area contributed by atoms with Crippen LogP contribution in [0.25, 0.3) is 17.3 Å². The van der Waals surface area contributed by atoms with E-state index in [1.54, 1.807) is 18.4 Å². The molecule has 1 aliphatic carbocycles. The zero-order valence-electron chi connectivity index (χ0n) is 16.4. The summed E-state index contributed by atoms with van der Waals surface area (Å²) in [4.78, 5) is 24.4. The Kier molecular flexibility index (Phi) is 6.48. The number of hydrogen-bond acceptors (Lipinski definition) is 6. The summed E-state index contributed by atoms with van der Waals surface area (Å²) >= 11 is 1.21. The second-order valence-corrected chi connectivity index (χ2v) is 8.04. The Balaban J connectivity index is 1.42. The monoisotopic (exact) mass is 425 g/mol. The summed E-state index contributed by atoms with van der Waals surface area (Å²) in [5.41, 5.74) is 0.854. The number of carbonyl (C=O) groups excluding carboxylic acids is 2. The molecule has 2 heterocycles. The van der Waals surface area contributed by atoms with Crippen molar-refractivity contribution in [2.75, 3.05) is 5.75 Å². The van der Waals surface area contributed by atoms with Crippen molar-refractivity contribution >= 4 is 23.7 Å². The minimum Gasteiger partial charge on any atom is -0.461 e. The molecule has 3 amide bonds. The standard InChI is InChI=1S/C21H23N5O3S/c27-18(23-20(28)22-15-8-3-1-4-9-15)14-30-21-25-24-19(17-12-7-13-29-17)26(21)16-10-5-2-6-11-16/h2,5-7,10-13,15H,1,3-4,8-9,14H2,(H2,22,23,27,28). The molecule has 0 unspecified atom stereocenters. The van der Waals surface area contributed by atoms with Gasteiger partial charge in [-0.25, -0.2) is 4.79 Å². The molecule has 1 saturated carbocycles. The largest absolute Gasteiger partial charge is 0.461 e. The summed E-state index contributed by atoms with van der Waals surface area (Å²) in [6.07, 6.45) is 6.93. The molecular formula is C21H23N5O3S. The molecule has 2 aromatic heterocycles. The zero-order valence-corrected chi connectivity index (χ0v) is 17.2. The Labute approximate surface area is 178 Å². The van der Waals surface area contributed by atoms with E-state index in [0.717, 1.165) is 31.4 Å². The second kappa shape index (κ2) is 9.62. The molecule has 1 fully saturated rings. The van der Waals surface area contributed by atoms with Crippen LogP contribution in [-0.2, 0) is 4.79 Å². The Morgan fingerprint density at radius 1 is 1.07 bits per heavy atom. The molecule has 0 radical (unpaired) electrons. The minimum atomic E-state index is -0.437. The minimum absolute atomic E-state index is 0.0429. The van der Waals surface area contributed by atoms with E-state index in [2.05, 4.69) is 20.8 Å². The lowest BCUT2D eigenvalue weighted by Crippen LogP contribution is -2.45. The van der Waals surface area contributed by atoms with E-state index in [0.29, 0.717) is 16.7 Å². The average molecular weight is 426 g/mol. The maximum Gasteiger partial charge on any atom is 0.321 e. The van der Waals surface area contributed by atoms with E-state index in [4.69, 9.17) is 4.42 Å². The number of nitrogens with one attached hydrogen (secondary N) is 2. The average Bonchev–Trinajstić information content (AvgIpc) is 3.43. The third kappa shape index (κ3) is 4.91. The van der Waals surface area contributed by atoms with Gasteiger partial charge in [-0.1, -0.05) is 49.2 Å². The summed E-state index contributed by atoms with van der Waals surface area (Å²) in [7, 11) is 0. The summed E-state index contributed by atoms with van der Waals surface area (Å²) < 4.78 is 7.31. The molecule has 0 aliphatic heterocycles. The van der Waals surface area contributed by atoms with Gasteiger partial charge in [0, 0.05) is 11.7 Å². The molecule has 1 aromatic carbocycles. The van der Waals surface area contributed by atoms with Crippen LogP contribution in [0.5, 0.6) is 0 Å². The van der Waals surface area contributed by atoms with Crippen LogP contribution in [0.1, 0.15) is 32.1 Å². The molecule has 156 valence electrons. The number of thioether (sulfide) groups is 1. The first kappa shape index (κ1) is 20.2.